The van der Waals surface area contributed by atoms with Crippen LogP contribution in [-0.2, 0) is 14.4 Å². The molecule has 36 heavy (non-hydrogen) atoms. The number of unbranched alkanes of at least 4 members (excludes halogenated alkanes) is 2. The summed E-state index contributed by atoms with van der Waals surface area (Å²) in [5.41, 5.74) is 5.62. The van der Waals surface area contributed by atoms with Gasteiger partial charge in [0.1, 0.15) is 6.29 Å². The Labute approximate surface area is 219 Å². The van der Waals surface area contributed by atoms with E-state index in [2.05, 4.69) is 51.0 Å². The van der Waals surface area contributed by atoms with Crippen LogP contribution in [0.15, 0.2) is 30.3 Å². The van der Waals surface area contributed by atoms with Gasteiger partial charge in [-0.1, -0.05) is 84.2 Å². The van der Waals surface area contributed by atoms with Crippen LogP contribution in [0.25, 0.3) is 0 Å². The minimum Gasteiger partial charge on any atom is -0.356 e. The van der Waals surface area contributed by atoms with Crippen molar-refractivity contribution in [1.29, 1.82) is 0 Å². The van der Waals surface area contributed by atoms with Gasteiger partial charge in [0.2, 0.25) is 11.8 Å². The van der Waals surface area contributed by atoms with Crippen molar-refractivity contribution in [3.05, 3.63) is 35.9 Å². The van der Waals surface area contributed by atoms with Gasteiger partial charge in [-0.2, -0.15) is 0 Å². The summed E-state index contributed by atoms with van der Waals surface area (Å²) in [5.74, 6) is 0.430. The highest BCUT2D eigenvalue weighted by atomic mass is 16.2. The van der Waals surface area contributed by atoms with Gasteiger partial charge in [-0.05, 0) is 37.6 Å². The number of rotatable bonds is 14. The van der Waals surface area contributed by atoms with E-state index in [1.54, 1.807) is 24.3 Å². The second-order valence-electron chi connectivity index (χ2n) is 9.99. The molecular formula is C29H51N3O4. The van der Waals surface area contributed by atoms with Gasteiger partial charge in [-0.15, -0.1) is 0 Å². The maximum atomic E-state index is 11.9. The Morgan fingerprint density at radius 2 is 1.58 bits per heavy atom. The zero-order valence-electron chi connectivity index (χ0n) is 23.7. The predicted molar refractivity (Wildman–Crippen MR) is 149 cm³/mol. The van der Waals surface area contributed by atoms with Gasteiger partial charge in [-0.25, -0.2) is 0 Å². The van der Waals surface area contributed by atoms with Crippen LogP contribution in [0.4, 0.5) is 0 Å². The maximum Gasteiger partial charge on any atom is 0.220 e. The van der Waals surface area contributed by atoms with Crippen LogP contribution >= 0.6 is 0 Å². The van der Waals surface area contributed by atoms with E-state index in [1.165, 1.54) is 33.2 Å². The first-order chi connectivity index (χ1) is 17.0. The molecule has 7 nitrogen and oxygen atoms in total. The average Bonchev–Trinajstić information content (AvgIpc) is 2.86. The molecule has 2 amide bonds. The second kappa shape index (κ2) is 21.7. The molecule has 0 saturated heterocycles. The number of carbonyl (C=O) groups is 4. The first-order valence-electron chi connectivity index (χ1n) is 13.2. The molecule has 0 aromatic heterocycles. The number of nitrogens with one attached hydrogen (secondary N) is 2. The first kappa shape index (κ1) is 35.6. The summed E-state index contributed by atoms with van der Waals surface area (Å²) in [4.78, 5) is 45.2. The molecule has 7 heteroatoms. The van der Waals surface area contributed by atoms with Crippen molar-refractivity contribution in [2.45, 2.75) is 99.0 Å². The van der Waals surface area contributed by atoms with Crippen LogP contribution < -0.4 is 16.4 Å². The summed E-state index contributed by atoms with van der Waals surface area (Å²) < 4.78 is 0. The van der Waals surface area contributed by atoms with Crippen LogP contribution in [-0.4, -0.2) is 43.5 Å². The third kappa shape index (κ3) is 19.7. The van der Waals surface area contributed by atoms with E-state index in [4.69, 9.17) is 0 Å². The SMILES string of the molecule is CC(=O)NC(C=O)CCCCNC(=O)CCC(=O)c1ccccc1.CCCCC(C)C(C)(C)C.CN. The topological polar surface area (TPSA) is 118 Å². The molecule has 4 N–H and O–H groups in total. The standard InChI is InChI=1S/C18H24N2O4.C10H22.CH5N/c1-14(22)20-16(13-21)9-5-6-12-19-18(24)11-10-17(23)15-7-3-2-4-8-15;1-6-7-8-9(2)10(3,4)5;1-2/h2-4,7-8,13,16H,5-6,9-12H2,1H3,(H,19,24)(H,20,22);9H,6-8H2,1-5H3;2H2,1H3. The highest BCUT2D eigenvalue weighted by molar-refractivity contribution is 5.97. The van der Waals surface area contributed by atoms with E-state index in [9.17, 15) is 19.2 Å². The van der Waals surface area contributed by atoms with E-state index in [-0.39, 0.29) is 30.4 Å². The van der Waals surface area contributed by atoms with Crippen molar-refractivity contribution in [3.8, 4) is 0 Å². The Hall–Kier alpha value is -2.54. The number of aldehydes is 1. The lowest BCUT2D eigenvalue weighted by molar-refractivity contribution is -0.122. The third-order valence-corrected chi connectivity index (χ3v) is 5.96. The summed E-state index contributed by atoms with van der Waals surface area (Å²) in [7, 11) is 1.50. The van der Waals surface area contributed by atoms with Gasteiger partial charge in [0.25, 0.3) is 0 Å². The van der Waals surface area contributed by atoms with E-state index in [0.717, 1.165) is 12.2 Å². The molecule has 0 bridgehead atoms. The first-order valence-corrected chi connectivity index (χ1v) is 13.2. The molecule has 1 aromatic rings. The second-order valence-corrected chi connectivity index (χ2v) is 9.99. The Morgan fingerprint density at radius 1 is 0.972 bits per heavy atom. The lowest BCUT2D eigenvalue weighted by atomic mass is 9.79. The maximum absolute atomic E-state index is 11.9. The molecule has 206 valence electrons. The molecule has 2 unspecified atom stereocenters. The summed E-state index contributed by atoms with van der Waals surface area (Å²) in [6, 6.07) is 8.42. The highest BCUT2D eigenvalue weighted by Gasteiger charge is 2.18. The molecule has 0 saturated carbocycles. The Balaban J connectivity index is 0. The van der Waals surface area contributed by atoms with Gasteiger partial charge >= 0.3 is 0 Å². The fourth-order valence-electron chi connectivity index (χ4n) is 3.18. The normalized spacial score (nSPS) is 12.0. The molecular weight excluding hydrogens is 454 g/mol. The molecule has 1 aromatic carbocycles. The highest BCUT2D eigenvalue weighted by Crippen LogP contribution is 2.29. The summed E-state index contributed by atoms with van der Waals surface area (Å²) >= 11 is 0. The number of ketones is 1. The number of nitrogens with two attached hydrogens (primary N) is 1. The molecule has 1 rings (SSSR count). The predicted octanol–water partition coefficient (Wildman–Crippen LogP) is 5.07. The van der Waals surface area contributed by atoms with E-state index in [0.29, 0.717) is 36.8 Å². The number of Topliss-reactive ketones (excluding diaryl/α,β-unsaturated/α-hetero) is 1. The van der Waals surface area contributed by atoms with Gasteiger partial charge in [0.15, 0.2) is 5.78 Å². The number of amides is 2. The van der Waals surface area contributed by atoms with Gasteiger partial charge < -0.3 is 21.2 Å². The van der Waals surface area contributed by atoms with Crippen molar-refractivity contribution in [2.75, 3.05) is 13.6 Å². The largest absolute Gasteiger partial charge is 0.356 e. The number of carbonyl (C=O) groups excluding carboxylic acids is 4. The van der Waals surface area contributed by atoms with Crippen LogP contribution in [0.1, 0.15) is 103 Å². The van der Waals surface area contributed by atoms with Crippen LogP contribution in [0.5, 0.6) is 0 Å². The zero-order chi connectivity index (χ0) is 28.0. The van der Waals surface area contributed by atoms with Crippen molar-refractivity contribution in [2.24, 2.45) is 17.1 Å². The molecule has 0 aliphatic carbocycles. The summed E-state index contributed by atoms with van der Waals surface area (Å²) in [6.45, 7) is 13.5. The monoisotopic (exact) mass is 505 g/mol. The Morgan fingerprint density at radius 3 is 2.08 bits per heavy atom. The van der Waals surface area contributed by atoms with Crippen LogP contribution in [0.2, 0.25) is 0 Å². The van der Waals surface area contributed by atoms with Crippen LogP contribution in [0.3, 0.4) is 0 Å². The number of hydrogen-bond acceptors (Lipinski definition) is 5. The quantitative estimate of drug-likeness (QED) is 0.185. The minimum absolute atomic E-state index is 0.0464. The summed E-state index contributed by atoms with van der Waals surface area (Å²) in [5, 5.41) is 5.30. The lowest BCUT2D eigenvalue weighted by Gasteiger charge is -2.26. The lowest BCUT2D eigenvalue weighted by Crippen LogP contribution is -2.34. The molecule has 0 heterocycles. The molecule has 0 spiro atoms. The zero-order valence-corrected chi connectivity index (χ0v) is 23.7. The van der Waals surface area contributed by atoms with E-state index < -0.39 is 6.04 Å². The van der Waals surface area contributed by atoms with Crippen molar-refractivity contribution >= 4 is 23.9 Å². The van der Waals surface area contributed by atoms with Gasteiger partial charge in [-0.3, -0.25) is 14.4 Å². The number of hydrogen-bond donors (Lipinski definition) is 3. The van der Waals surface area contributed by atoms with Gasteiger partial charge in [0.05, 0.1) is 6.04 Å². The number of benzene rings is 1. The Kier molecular flexibility index (Phi) is 21.5. The van der Waals surface area contributed by atoms with Crippen LogP contribution in [0, 0.1) is 11.3 Å². The molecule has 0 fully saturated rings. The van der Waals surface area contributed by atoms with E-state index >= 15 is 0 Å². The fourth-order valence-corrected chi connectivity index (χ4v) is 3.18. The summed E-state index contributed by atoms with van der Waals surface area (Å²) in [6.07, 6.45) is 7.15. The van der Waals surface area contributed by atoms with Crippen molar-refractivity contribution in [1.82, 2.24) is 10.6 Å². The molecule has 0 aliphatic heterocycles. The minimum atomic E-state index is -0.471. The average molecular weight is 506 g/mol. The Bertz CT molecular complexity index is 730. The van der Waals surface area contributed by atoms with Gasteiger partial charge in [0, 0.05) is 31.9 Å². The molecule has 0 aliphatic rings. The fraction of sp³-hybridized carbons (Fsp3) is 0.655. The molecule has 2 atom stereocenters. The third-order valence-electron chi connectivity index (χ3n) is 5.96. The molecule has 0 radical (unpaired) electrons. The van der Waals surface area contributed by atoms with Crippen molar-refractivity contribution < 1.29 is 19.2 Å². The van der Waals surface area contributed by atoms with E-state index in [1.807, 2.05) is 6.07 Å². The smallest absolute Gasteiger partial charge is 0.220 e. The van der Waals surface area contributed by atoms with Crippen molar-refractivity contribution in [3.63, 3.8) is 0 Å².